The van der Waals surface area contributed by atoms with E-state index in [2.05, 4.69) is 21.2 Å². The number of hydrogen-bond acceptors (Lipinski definition) is 2. The number of aryl methyl sites for hydroxylation is 1. The Morgan fingerprint density at radius 2 is 1.95 bits per heavy atom. The SMILES string of the molecule is Cc1cc(Br)c(F)cc1NCc1cc(F)ccc1O. The third-order valence-corrected chi connectivity index (χ3v) is 3.39. The average Bonchev–Trinajstić information content (AvgIpc) is 2.36. The van der Waals surface area contributed by atoms with E-state index in [-0.39, 0.29) is 18.1 Å². The van der Waals surface area contributed by atoms with E-state index in [4.69, 9.17) is 0 Å². The van der Waals surface area contributed by atoms with Gasteiger partial charge in [0.1, 0.15) is 17.4 Å². The molecule has 0 saturated heterocycles. The van der Waals surface area contributed by atoms with Gasteiger partial charge in [0.25, 0.3) is 0 Å². The number of halogens is 3. The van der Waals surface area contributed by atoms with Gasteiger partial charge in [-0.2, -0.15) is 0 Å². The largest absolute Gasteiger partial charge is 0.508 e. The van der Waals surface area contributed by atoms with Crippen molar-refractivity contribution in [2.75, 3.05) is 5.32 Å². The molecule has 2 aromatic rings. The predicted molar refractivity (Wildman–Crippen MR) is 74.2 cm³/mol. The zero-order valence-corrected chi connectivity index (χ0v) is 11.8. The van der Waals surface area contributed by atoms with Crippen molar-refractivity contribution in [1.82, 2.24) is 0 Å². The minimum atomic E-state index is -0.423. The molecule has 0 atom stereocenters. The number of anilines is 1. The summed E-state index contributed by atoms with van der Waals surface area (Å²) in [5, 5.41) is 12.6. The van der Waals surface area contributed by atoms with E-state index >= 15 is 0 Å². The molecule has 0 heterocycles. The quantitative estimate of drug-likeness (QED) is 0.878. The van der Waals surface area contributed by atoms with Gasteiger partial charge in [0.05, 0.1) is 4.47 Å². The molecule has 2 nitrogen and oxygen atoms in total. The topological polar surface area (TPSA) is 32.3 Å². The molecule has 0 amide bonds. The van der Waals surface area contributed by atoms with Crippen molar-refractivity contribution < 1.29 is 13.9 Å². The number of nitrogens with one attached hydrogen (secondary N) is 1. The molecule has 5 heteroatoms. The Hall–Kier alpha value is -1.62. The van der Waals surface area contributed by atoms with Crippen molar-refractivity contribution in [3.63, 3.8) is 0 Å². The number of benzene rings is 2. The maximum atomic E-state index is 13.4. The van der Waals surface area contributed by atoms with Gasteiger partial charge in [-0.1, -0.05) is 0 Å². The molecule has 0 aromatic heterocycles. The third kappa shape index (κ3) is 3.23. The first-order valence-corrected chi connectivity index (χ1v) is 6.43. The van der Waals surface area contributed by atoms with Gasteiger partial charge < -0.3 is 10.4 Å². The molecule has 0 saturated carbocycles. The van der Waals surface area contributed by atoms with Crippen molar-refractivity contribution in [3.8, 4) is 5.75 Å². The summed E-state index contributed by atoms with van der Waals surface area (Å²) in [5.74, 6) is -0.797. The number of hydrogen-bond donors (Lipinski definition) is 2. The van der Waals surface area contributed by atoms with Gasteiger partial charge in [-0.05, 0) is 58.7 Å². The monoisotopic (exact) mass is 327 g/mol. The minimum absolute atomic E-state index is 0.00383. The lowest BCUT2D eigenvalue weighted by atomic mass is 10.1. The van der Waals surface area contributed by atoms with Crippen LogP contribution in [-0.2, 0) is 6.54 Å². The maximum Gasteiger partial charge on any atom is 0.139 e. The van der Waals surface area contributed by atoms with Crippen LogP contribution in [0.5, 0.6) is 5.75 Å². The summed E-state index contributed by atoms with van der Waals surface area (Å²) in [4.78, 5) is 0. The number of rotatable bonds is 3. The molecule has 19 heavy (non-hydrogen) atoms. The lowest BCUT2D eigenvalue weighted by molar-refractivity contribution is 0.466. The summed E-state index contributed by atoms with van der Waals surface area (Å²) in [6.07, 6.45) is 0. The molecule has 100 valence electrons. The van der Waals surface area contributed by atoms with E-state index in [0.29, 0.717) is 15.7 Å². The Morgan fingerprint density at radius 3 is 2.68 bits per heavy atom. The van der Waals surface area contributed by atoms with Crippen LogP contribution in [0.25, 0.3) is 0 Å². The van der Waals surface area contributed by atoms with Crippen LogP contribution in [-0.4, -0.2) is 5.11 Å². The van der Waals surface area contributed by atoms with E-state index in [1.807, 2.05) is 6.92 Å². The Balaban J connectivity index is 2.19. The summed E-state index contributed by atoms with van der Waals surface area (Å²) in [6, 6.07) is 6.73. The lowest BCUT2D eigenvalue weighted by Crippen LogP contribution is -2.02. The summed E-state index contributed by atoms with van der Waals surface area (Å²) in [7, 11) is 0. The van der Waals surface area contributed by atoms with Gasteiger partial charge in [-0.15, -0.1) is 0 Å². The highest BCUT2D eigenvalue weighted by molar-refractivity contribution is 9.10. The molecule has 0 fully saturated rings. The Bertz CT molecular complexity index is 617. The first-order valence-electron chi connectivity index (χ1n) is 5.64. The van der Waals surface area contributed by atoms with Gasteiger partial charge in [0, 0.05) is 17.8 Å². The predicted octanol–water partition coefficient (Wildman–Crippen LogP) is 4.35. The molecular weight excluding hydrogens is 316 g/mol. The van der Waals surface area contributed by atoms with Gasteiger partial charge in [-0.25, -0.2) is 8.78 Å². The van der Waals surface area contributed by atoms with Crippen LogP contribution in [0, 0.1) is 18.6 Å². The number of phenolic OH excluding ortho intramolecular Hbond substituents is 1. The Morgan fingerprint density at radius 1 is 1.21 bits per heavy atom. The van der Waals surface area contributed by atoms with E-state index in [1.165, 1.54) is 24.3 Å². The zero-order chi connectivity index (χ0) is 14.0. The molecule has 0 spiro atoms. The zero-order valence-electron chi connectivity index (χ0n) is 10.2. The van der Waals surface area contributed by atoms with Crippen molar-refractivity contribution in [2.45, 2.75) is 13.5 Å². The van der Waals surface area contributed by atoms with Gasteiger partial charge in [-0.3, -0.25) is 0 Å². The fourth-order valence-corrected chi connectivity index (χ4v) is 2.18. The number of phenols is 1. The molecule has 2 aromatic carbocycles. The highest BCUT2D eigenvalue weighted by Crippen LogP contribution is 2.25. The fourth-order valence-electron chi connectivity index (χ4n) is 1.72. The van der Waals surface area contributed by atoms with E-state index in [9.17, 15) is 13.9 Å². The van der Waals surface area contributed by atoms with Crippen molar-refractivity contribution in [3.05, 3.63) is 57.6 Å². The molecule has 0 aliphatic rings. The van der Waals surface area contributed by atoms with Crippen LogP contribution >= 0.6 is 15.9 Å². The van der Waals surface area contributed by atoms with Gasteiger partial charge >= 0.3 is 0 Å². The van der Waals surface area contributed by atoms with Crippen molar-refractivity contribution in [2.24, 2.45) is 0 Å². The smallest absolute Gasteiger partial charge is 0.139 e. The van der Waals surface area contributed by atoms with Crippen LogP contribution in [0.15, 0.2) is 34.8 Å². The maximum absolute atomic E-state index is 13.4. The molecule has 0 aliphatic heterocycles. The lowest BCUT2D eigenvalue weighted by Gasteiger charge is -2.11. The average molecular weight is 328 g/mol. The summed E-state index contributed by atoms with van der Waals surface area (Å²) in [6.45, 7) is 2.05. The van der Waals surface area contributed by atoms with Crippen LogP contribution in [0.4, 0.5) is 14.5 Å². The molecule has 0 radical (unpaired) electrons. The third-order valence-electron chi connectivity index (χ3n) is 2.78. The first-order chi connectivity index (χ1) is 8.97. The van der Waals surface area contributed by atoms with Crippen LogP contribution in [0.3, 0.4) is 0 Å². The van der Waals surface area contributed by atoms with Crippen LogP contribution in [0.2, 0.25) is 0 Å². The Labute approximate surface area is 118 Å². The van der Waals surface area contributed by atoms with Crippen molar-refractivity contribution >= 4 is 21.6 Å². The number of aromatic hydroxyl groups is 1. The summed E-state index contributed by atoms with van der Waals surface area (Å²) >= 11 is 3.10. The van der Waals surface area contributed by atoms with Crippen LogP contribution in [0.1, 0.15) is 11.1 Å². The van der Waals surface area contributed by atoms with E-state index in [1.54, 1.807) is 6.07 Å². The summed E-state index contributed by atoms with van der Waals surface area (Å²) in [5.41, 5.74) is 1.87. The van der Waals surface area contributed by atoms with E-state index < -0.39 is 5.82 Å². The fraction of sp³-hybridized carbons (Fsp3) is 0.143. The van der Waals surface area contributed by atoms with Gasteiger partial charge in [0.2, 0.25) is 0 Å². The van der Waals surface area contributed by atoms with Crippen molar-refractivity contribution in [1.29, 1.82) is 0 Å². The molecule has 0 unspecified atom stereocenters. The second kappa shape index (κ2) is 5.57. The first kappa shape index (κ1) is 13.8. The standard InChI is InChI=1S/C14H12BrF2NO/c1-8-4-11(15)12(17)6-13(8)18-7-9-5-10(16)2-3-14(9)19/h2-6,18-19H,7H2,1H3. The van der Waals surface area contributed by atoms with E-state index in [0.717, 1.165) is 5.56 Å². The summed E-state index contributed by atoms with van der Waals surface area (Å²) < 4.78 is 26.9. The molecular formula is C14H12BrF2NO. The molecule has 0 aliphatic carbocycles. The molecule has 2 N–H and O–H groups in total. The normalized spacial score (nSPS) is 10.5. The van der Waals surface area contributed by atoms with Crippen LogP contribution < -0.4 is 5.32 Å². The molecule has 0 bridgehead atoms. The minimum Gasteiger partial charge on any atom is -0.508 e. The van der Waals surface area contributed by atoms with Gasteiger partial charge in [0.15, 0.2) is 0 Å². The second-order valence-electron chi connectivity index (χ2n) is 4.21. The highest BCUT2D eigenvalue weighted by Gasteiger charge is 2.07. The molecule has 2 rings (SSSR count). The second-order valence-corrected chi connectivity index (χ2v) is 5.06. The Kier molecular flexibility index (Phi) is 4.04. The highest BCUT2D eigenvalue weighted by atomic mass is 79.9.